The molecule has 1 aromatic carbocycles. The molecule has 2 rings (SSSR count). The summed E-state index contributed by atoms with van der Waals surface area (Å²) in [5, 5.41) is 1.55. The second-order valence-electron chi connectivity index (χ2n) is 5.66. The quantitative estimate of drug-likeness (QED) is 0.593. The van der Waals surface area contributed by atoms with E-state index in [1.165, 1.54) is 0 Å². The molecule has 1 aromatic rings. The van der Waals surface area contributed by atoms with Gasteiger partial charge in [0.15, 0.2) is 11.5 Å². The van der Waals surface area contributed by atoms with E-state index in [1.807, 2.05) is 6.07 Å². The predicted molar refractivity (Wildman–Crippen MR) is 97.0 cm³/mol. The largest absolute Gasteiger partial charge is 0.493 e. The van der Waals surface area contributed by atoms with Crippen LogP contribution in [0.3, 0.4) is 0 Å². The van der Waals surface area contributed by atoms with E-state index in [-0.39, 0.29) is 6.10 Å². The first-order chi connectivity index (χ1) is 12.4. The lowest BCUT2D eigenvalue weighted by Crippen LogP contribution is -2.25. The number of nitrogens with zero attached hydrogens (tertiary/aromatic N) is 1. The molecule has 148 valence electrons. The first kappa shape index (κ1) is 21.0. The topological polar surface area (TPSA) is 75.7 Å². The number of rotatable bonds is 9. The minimum Gasteiger partial charge on any atom is -0.493 e. The smallest absolute Gasteiger partial charge is 0.350 e. The number of hydrogen-bond donors (Lipinski definition) is 0. The van der Waals surface area contributed by atoms with Crippen molar-refractivity contribution in [1.82, 2.24) is 5.06 Å². The molecule has 0 bridgehead atoms. The summed E-state index contributed by atoms with van der Waals surface area (Å²) >= 11 is 0. The molecule has 0 aliphatic carbocycles. The Morgan fingerprint density at radius 1 is 1.08 bits per heavy atom. The van der Waals surface area contributed by atoms with Crippen molar-refractivity contribution in [3.8, 4) is 17.2 Å². The van der Waals surface area contributed by atoms with E-state index in [1.54, 1.807) is 53.4 Å². The zero-order valence-electron chi connectivity index (χ0n) is 16.2. The van der Waals surface area contributed by atoms with Crippen molar-refractivity contribution in [2.75, 3.05) is 41.6 Å². The second-order valence-corrected chi connectivity index (χ2v) is 7.85. The van der Waals surface area contributed by atoms with E-state index in [9.17, 15) is 4.57 Å². The van der Waals surface area contributed by atoms with E-state index in [4.69, 9.17) is 28.1 Å². The highest BCUT2D eigenvalue weighted by atomic mass is 31.2. The van der Waals surface area contributed by atoms with Crippen molar-refractivity contribution in [3.63, 3.8) is 0 Å². The van der Waals surface area contributed by atoms with Gasteiger partial charge in [0.05, 0.1) is 34.5 Å². The summed E-state index contributed by atoms with van der Waals surface area (Å²) in [4.78, 5) is 5.94. The zero-order chi connectivity index (χ0) is 19.3. The lowest BCUT2D eigenvalue weighted by molar-refractivity contribution is -0.137. The molecule has 9 heteroatoms. The number of ether oxygens (including phenoxy) is 3. The van der Waals surface area contributed by atoms with Crippen molar-refractivity contribution in [2.24, 2.45) is 0 Å². The summed E-state index contributed by atoms with van der Waals surface area (Å²) in [6.07, 6.45) is 0.0496. The van der Waals surface area contributed by atoms with Crippen LogP contribution in [-0.4, -0.2) is 52.4 Å². The number of hydrogen-bond acceptors (Lipinski definition) is 8. The Morgan fingerprint density at radius 2 is 1.69 bits per heavy atom. The van der Waals surface area contributed by atoms with Gasteiger partial charge in [0, 0.05) is 19.0 Å². The van der Waals surface area contributed by atoms with E-state index >= 15 is 0 Å². The van der Waals surface area contributed by atoms with Crippen LogP contribution in [0.2, 0.25) is 0 Å². The fraction of sp³-hybridized carbons (Fsp3) is 0.647. The standard InChI is InChI=1S/C17H28NO7P/c1-7-23-26(19,24-8-2)15-11-14(25-18(15)3)12-9-10-13(20-4)17(22-6)16(12)21-5/h9-10,14-15H,7-8,11H2,1-6H3/t14-,15+/m1/s1. The van der Waals surface area contributed by atoms with Crippen LogP contribution in [0.25, 0.3) is 0 Å². The SMILES string of the molecule is CCOP(=O)(OCC)[C@H]1C[C@H](c2ccc(OC)c(OC)c2OC)ON1C. The third kappa shape index (κ3) is 4.00. The van der Waals surface area contributed by atoms with Crippen LogP contribution in [0.4, 0.5) is 0 Å². The molecular formula is C17H28NO7P. The molecule has 0 radical (unpaired) electrons. The Labute approximate surface area is 154 Å². The van der Waals surface area contributed by atoms with Crippen molar-refractivity contribution < 1.29 is 32.7 Å². The molecule has 0 aromatic heterocycles. The van der Waals surface area contributed by atoms with E-state index in [2.05, 4.69) is 0 Å². The maximum absolute atomic E-state index is 13.1. The Bertz CT molecular complexity index is 644. The predicted octanol–water partition coefficient (Wildman–Crippen LogP) is 3.61. The molecule has 0 amide bonds. The highest BCUT2D eigenvalue weighted by molar-refractivity contribution is 7.54. The zero-order valence-corrected chi connectivity index (χ0v) is 17.1. The summed E-state index contributed by atoms with van der Waals surface area (Å²) in [7, 11) is 3.06. The van der Waals surface area contributed by atoms with Gasteiger partial charge in [-0.05, 0) is 26.0 Å². The van der Waals surface area contributed by atoms with Crippen LogP contribution < -0.4 is 14.2 Å². The third-order valence-electron chi connectivity index (χ3n) is 4.20. The summed E-state index contributed by atoms with van der Waals surface area (Å²) in [6.45, 7) is 4.17. The van der Waals surface area contributed by atoms with Crippen LogP contribution >= 0.6 is 7.60 Å². The average molecular weight is 389 g/mol. The maximum atomic E-state index is 13.1. The molecule has 1 fully saturated rings. The van der Waals surface area contributed by atoms with E-state index < -0.39 is 13.4 Å². The summed E-state index contributed by atoms with van der Waals surface area (Å²) in [5.74, 6) is 1.06. The maximum Gasteiger partial charge on any atom is 0.350 e. The van der Waals surface area contributed by atoms with E-state index in [0.29, 0.717) is 36.9 Å². The third-order valence-corrected chi connectivity index (χ3v) is 6.71. The molecule has 0 saturated carbocycles. The van der Waals surface area contributed by atoms with Crippen molar-refractivity contribution in [1.29, 1.82) is 0 Å². The van der Waals surface area contributed by atoms with Crippen LogP contribution in [-0.2, 0) is 18.5 Å². The molecule has 0 spiro atoms. The second kappa shape index (κ2) is 9.06. The first-order valence-corrected chi connectivity index (χ1v) is 10.1. The Balaban J connectivity index is 2.36. The highest BCUT2D eigenvalue weighted by Crippen LogP contribution is 2.60. The summed E-state index contributed by atoms with van der Waals surface area (Å²) in [6, 6.07) is 3.64. The van der Waals surface area contributed by atoms with Gasteiger partial charge in [-0.1, -0.05) is 0 Å². The summed E-state index contributed by atoms with van der Waals surface area (Å²) in [5.41, 5.74) is 0.777. The van der Waals surface area contributed by atoms with Crippen LogP contribution in [0.5, 0.6) is 17.2 Å². The highest BCUT2D eigenvalue weighted by Gasteiger charge is 2.47. The van der Waals surface area contributed by atoms with Gasteiger partial charge in [-0.2, -0.15) is 5.06 Å². The molecule has 1 heterocycles. The van der Waals surface area contributed by atoms with Gasteiger partial charge >= 0.3 is 7.60 Å². The molecule has 1 aliphatic rings. The van der Waals surface area contributed by atoms with Gasteiger partial charge < -0.3 is 23.3 Å². The van der Waals surface area contributed by atoms with Gasteiger partial charge in [-0.25, -0.2) is 0 Å². The normalized spacial score (nSPS) is 21.0. The first-order valence-electron chi connectivity index (χ1n) is 8.52. The minimum absolute atomic E-state index is 0.298. The summed E-state index contributed by atoms with van der Waals surface area (Å²) < 4.78 is 40.4. The molecule has 0 unspecified atom stereocenters. The van der Waals surface area contributed by atoms with Crippen LogP contribution in [0, 0.1) is 0 Å². The van der Waals surface area contributed by atoms with Crippen molar-refractivity contribution >= 4 is 7.60 Å². The number of methoxy groups -OCH3 is 3. The molecule has 8 nitrogen and oxygen atoms in total. The average Bonchev–Trinajstić information content (AvgIpc) is 3.02. The van der Waals surface area contributed by atoms with Gasteiger partial charge in [-0.15, -0.1) is 0 Å². The van der Waals surface area contributed by atoms with E-state index in [0.717, 1.165) is 5.56 Å². The lowest BCUT2D eigenvalue weighted by atomic mass is 10.0. The Kier molecular flexibility index (Phi) is 7.32. The molecule has 1 saturated heterocycles. The number of benzene rings is 1. The van der Waals surface area contributed by atoms with Gasteiger partial charge in [0.25, 0.3) is 0 Å². The van der Waals surface area contributed by atoms with Crippen LogP contribution in [0.15, 0.2) is 12.1 Å². The Morgan fingerprint density at radius 3 is 2.19 bits per heavy atom. The molecule has 1 aliphatic heterocycles. The lowest BCUT2D eigenvalue weighted by Gasteiger charge is -2.25. The molecule has 0 N–H and O–H groups in total. The monoisotopic (exact) mass is 389 g/mol. The fourth-order valence-corrected chi connectivity index (χ4v) is 5.15. The number of hydroxylamine groups is 2. The molecular weight excluding hydrogens is 361 g/mol. The van der Waals surface area contributed by atoms with Gasteiger partial charge in [0.1, 0.15) is 11.9 Å². The van der Waals surface area contributed by atoms with Gasteiger partial charge in [-0.3, -0.25) is 9.40 Å². The van der Waals surface area contributed by atoms with Crippen LogP contribution in [0.1, 0.15) is 31.9 Å². The fourth-order valence-electron chi connectivity index (χ4n) is 3.11. The Hall–Kier alpha value is -1.31. The molecule has 26 heavy (non-hydrogen) atoms. The minimum atomic E-state index is -3.33. The van der Waals surface area contributed by atoms with Gasteiger partial charge in [0.2, 0.25) is 5.75 Å². The van der Waals surface area contributed by atoms with Crippen molar-refractivity contribution in [2.45, 2.75) is 32.2 Å². The molecule has 2 atom stereocenters. The van der Waals surface area contributed by atoms with Crippen molar-refractivity contribution in [3.05, 3.63) is 17.7 Å².